The van der Waals surface area contributed by atoms with E-state index >= 15 is 0 Å². The number of hydrogen-bond acceptors (Lipinski definition) is 5. The van der Waals surface area contributed by atoms with Gasteiger partial charge in [-0.1, -0.05) is 85.1 Å². The maximum Gasteiger partial charge on any atom is 0.329 e. The van der Waals surface area contributed by atoms with Gasteiger partial charge in [-0.2, -0.15) is 0 Å². The van der Waals surface area contributed by atoms with E-state index in [0.717, 1.165) is 42.4 Å². The summed E-state index contributed by atoms with van der Waals surface area (Å²) in [6.45, 7) is 9.21. The number of hydrogen-bond donors (Lipinski definition) is 2. The highest BCUT2D eigenvalue weighted by molar-refractivity contribution is 5.91. The Morgan fingerprint density at radius 1 is 0.733 bits per heavy atom. The SMILES string of the molecule is Cc1ccc(COc2ccc(C[C@H](NC(=O)[C@H](Cc3ccccc3)NC(=O)N3CCCCCC3)C(=O)OC(C)(C)C)cc2)cc1. The van der Waals surface area contributed by atoms with Crippen LogP contribution in [0.4, 0.5) is 4.79 Å². The van der Waals surface area contributed by atoms with E-state index in [4.69, 9.17) is 9.47 Å². The van der Waals surface area contributed by atoms with E-state index in [2.05, 4.69) is 22.8 Å². The first-order chi connectivity index (χ1) is 21.6. The summed E-state index contributed by atoms with van der Waals surface area (Å²) in [5.74, 6) is -0.264. The second-order valence-corrected chi connectivity index (χ2v) is 12.8. The van der Waals surface area contributed by atoms with E-state index in [1.54, 1.807) is 25.7 Å². The molecule has 0 saturated carbocycles. The number of likely N-dealkylation sites (tertiary alicyclic amines) is 1. The molecule has 1 fully saturated rings. The third-order valence-electron chi connectivity index (χ3n) is 7.69. The molecule has 45 heavy (non-hydrogen) atoms. The Labute approximate surface area is 267 Å². The Bertz CT molecular complexity index is 1380. The van der Waals surface area contributed by atoms with Crippen molar-refractivity contribution in [3.05, 3.63) is 101 Å². The minimum absolute atomic E-state index is 0.219. The van der Waals surface area contributed by atoms with Crippen LogP contribution in [0.2, 0.25) is 0 Å². The molecule has 0 spiro atoms. The van der Waals surface area contributed by atoms with Crippen LogP contribution in [0.15, 0.2) is 78.9 Å². The number of ether oxygens (including phenoxy) is 2. The zero-order valence-corrected chi connectivity index (χ0v) is 27.0. The third-order valence-corrected chi connectivity index (χ3v) is 7.69. The number of rotatable bonds is 11. The van der Waals surface area contributed by atoms with Gasteiger partial charge in [0.05, 0.1) is 0 Å². The van der Waals surface area contributed by atoms with Gasteiger partial charge in [0.1, 0.15) is 30.0 Å². The highest BCUT2D eigenvalue weighted by Gasteiger charge is 2.31. The number of benzene rings is 3. The van der Waals surface area contributed by atoms with Crippen LogP contribution < -0.4 is 15.4 Å². The molecule has 3 amide bonds. The molecule has 0 aliphatic carbocycles. The van der Waals surface area contributed by atoms with Gasteiger partial charge < -0.3 is 25.0 Å². The number of nitrogens with zero attached hydrogens (tertiary/aromatic N) is 1. The third kappa shape index (κ3) is 11.3. The second-order valence-electron chi connectivity index (χ2n) is 12.8. The van der Waals surface area contributed by atoms with Gasteiger partial charge in [-0.15, -0.1) is 0 Å². The van der Waals surface area contributed by atoms with Crippen LogP contribution in [0.3, 0.4) is 0 Å². The van der Waals surface area contributed by atoms with Gasteiger partial charge in [0, 0.05) is 25.9 Å². The van der Waals surface area contributed by atoms with Crippen molar-refractivity contribution in [3.63, 3.8) is 0 Å². The molecule has 3 aromatic carbocycles. The lowest BCUT2D eigenvalue weighted by molar-refractivity contribution is -0.158. The summed E-state index contributed by atoms with van der Waals surface area (Å²) in [4.78, 5) is 42.3. The van der Waals surface area contributed by atoms with Gasteiger partial charge >= 0.3 is 12.0 Å². The Morgan fingerprint density at radius 2 is 1.31 bits per heavy atom. The van der Waals surface area contributed by atoms with E-state index < -0.39 is 29.6 Å². The van der Waals surface area contributed by atoms with Crippen LogP contribution in [0, 0.1) is 6.92 Å². The molecule has 0 radical (unpaired) electrons. The number of urea groups is 1. The summed E-state index contributed by atoms with van der Waals surface area (Å²) < 4.78 is 11.7. The number of nitrogens with one attached hydrogen (secondary N) is 2. The monoisotopic (exact) mass is 613 g/mol. The fraction of sp³-hybridized carbons (Fsp3) is 0.432. The molecule has 1 heterocycles. The predicted octanol–water partition coefficient (Wildman–Crippen LogP) is 6.14. The average molecular weight is 614 g/mol. The Kier molecular flexibility index (Phi) is 12.0. The molecule has 0 aromatic heterocycles. The normalized spacial score (nSPS) is 14.9. The molecule has 1 aliphatic heterocycles. The summed E-state index contributed by atoms with van der Waals surface area (Å²) in [5, 5.41) is 5.88. The van der Waals surface area contributed by atoms with Crippen molar-refractivity contribution >= 4 is 17.9 Å². The topological polar surface area (TPSA) is 97.0 Å². The second kappa shape index (κ2) is 16.1. The molecule has 2 N–H and O–H groups in total. The van der Waals surface area contributed by atoms with E-state index in [-0.39, 0.29) is 12.5 Å². The first-order valence-electron chi connectivity index (χ1n) is 16.0. The molecule has 240 valence electrons. The number of carbonyl (C=O) groups is 3. The summed E-state index contributed by atoms with van der Waals surface area (Å²) in [7, 11) is 0. The first kappa shape index (κ1) is 33.6. The Hall–Kier alpha value is -4.33. The number of aryl methyl sites for hydroxylation is 1. The van der Waals surface area contributed by atoms with Gasteiger partial charge in [-0.25, -0.2) is 9.59 Å². The lowest BCUT2D eigenvalue weighted by Gasteiger charge is -2.28. The molecule has 4 rings (SSSR count). The van der Waals surface area contributed by atoms with Crippen molar-refractivity contribution in [1.82, 2.24) is 15.5 Å². The van der Waals surface area contributed by atoms with Crippen LogP contribution in [-0.2, 0) is 33.8 Å². The largest absolute Gasteiger partial charge is 0.489 e. The zero-order valence-electron chi connectivity index (χ0n) is 27.0. The van der Waals surface area contributed by atoms with Crippen LogP contribution >= 0.6 is 0 Å². The fourth-order valence-corrected chi connectivity index (χ4v) is 5.22. The molecule has 3 aromatic rings. The smallest absolute Gasteiger partial charge is 0.329 e. The molecular formula is C37H47N3O5. The molecule has 0 bridgehead atoms. The lowest BCUT2D eigenvalue weighted by atomic mass is 10.0. The standard InChI is InChI=1S/C37H47N3O5/c1-27-14-16-30(17-15-27)26-44-31-20-18-29(19-21-31)25-33(35(42)45-37(2,3)4)38-34(41)32(24-28-12-8-7-9-13-28)39-36(43)40-22-10-5-6-11-23-40/h7-9,12-21,32-33H,5-6,10-11,22-26H2,1-4H3,(H,38,41)(H,39,43)/t32-,33-/m0/s1. The van der Waals surface area contributed by atoms with Gasteiger partial charge in [0.15, 0.2) is 0 Å². The minimum Gasteiger partial charge on any atom is -0.489 e. The summed E-state index contributed by atoms with van der Waals surface area (Å²) in [6.07, 6.45) is 4.58. The molecule has 1 aliphatic rings. The van der Waals surface area contributed by atoms with E-state index in [0.29, 0.717) is 31.9 Å². The Morgan fingerprint density at radius 3 is 1.93 bits per heavy atom. The van der Waals surface area contributed by atoms with Crippen molar-refractivity contribution in [2.45, 2.75) is 90.5 Å². The van der Waals surface area contributed by atoms with Crippen molar-refractivity contribution < 1.29 is 23.9 Å². The quantitative estimate of drug-likeness (QED) is 0.253. The predicted molar refractivity (Wildman–Crippen MR) is 176 cm³/mol. The maximum absolute atomic E-state index is 13.8. The van der Waals surface area contributed by atoms with Gasteiger partial charge in [-0.05, 0) is 69.4 Å². The first-order valence-corrected chi connectivity index (χ1v) is 16.0. The number of esters is 1. The zero-order chi connectivity index (χ0) is 32.2. The molecule has 8 nitrogen and oxygen atoms in total. The molecule has 2 atom stereocenters. The maximum atomic E-state index is 13.8. The lowest BCUT2D eigenvalue weighted by Crippen LogP contribution is -2.56. The van der Waals surface area contributed by atoms with E-state index in [1.807, 2.05) is 73.7 Å². The van der Waals surface area contributed by atoms with Gasteiger partial charge in [0.25, 0.3) is 0 Å². The van der Waals surface area contributed by atoms with Gasteiger partial charge in [-0.3, -0.25) is 4.79 Å². The van der Waals surface area contributed by atoms with E-state index in [9.17, 15) is 14.4 Å². The van der Waals surface area contributed by atoms with Crippen LogP contribution in [0.25, 0.3) is 0 Å². The summed E-state index contributed by atoms with van der Waals surface area (Å²) >= 11 is 0. The van der Waals surface area contributed by atoms with Crippen molar-refractivity contribution in [3.8, 4) is 5.75 Å². The fourth-order valence-electron chi connectivity index (χ4n) is 5.22. The van der Waals surface area contributed by atoms with Crippen LogP contribution in [0.5, 0.6) is 5.75 Å². The van der Waals surface area contributed by atoms with E-state index in [1.165, 1.54) is 5.56 Å². The molecule has 8 heteroatoms. The summed E-state index contributed by atoms with van der Waals surface area (Å²) in [6, 6.07) is 23.1. The summed E-state index contributed by atoms with van der Waals surface area (Å²) in [5.41, 5.74) is 3.27. The number of amides is 3. The van der Waals surface area contributed by atoms with Gasteiger partial charge in [0.2, 0.25) is 5.91 Å². The average Bonchev–Trinajstić information content (AvgIpc) is 3.30. The molecular weight excluding hydrogens is 566 g/mol. The van der Waals surface area contributed by atoms with Crippen LogP contribution in [-0.4, -0.2) is 53.6 Å². The van der Waals surface area contributed by atoms with Crippen molar-refractivity contribution in [1.29, 1.82) is 0 Å². The van der Waals surface area contributed by atoms with Crippen LogP contribution in [0.1, 0.15) is 68.7 Å². The van der Waals surface area contributed by atoms with Crippen molar-refractivity contribution in [2.75, 3.05) is 13.1 Å². The minimum atomic E-state index is -0.954. The Balaban J connectivity index is 1.47. The molecule has 1 saturated heterocycles. The molecule has 0 unspecified atom stereocenters. The highest BCUT2D eigenvalue weighted by atomic mass is 16.6. The van der Waals surface area contributed by atoms with Crippen molar-refractivity contribution in [2.24, 2.45) is 0 Å². The number of carbonyl (C=O) groups excluding carboxylic acids is 3. The highest BCUT2D eigenvalue weighted by Crippen LogP contribution is 2.18.